The molecule has 0 N–H and O–H groups in total. The van der Waals surface area contributed by atoms with E-state index in [0.717, 1.165) is 6.42 Å². The fraction of sp³-hybridized carbons (Fsp3) is 0.154. The van der Waals surface area contributed by atoms with Crippen LogP contribution in [0, 0.1) is 10.1 Å². The number of nitro benzene ring substituents is 1. The molecule has 0 saturated carbocycles. The smallest absolute Gasteiger partial charge is 0.363 e. The second-order valence-corrected chi connectivity index (χ2v) is 7.36. The number of nitro groups is 1. The number of hydrogen-bond donors (Lipinski definition) is 0. The maximum atomic E-state index is 12.3. The third-order valence-electron chi connectivity index (χ3n) is 5.01. The zero-order valence-electron chi connectivity index (χ0n) is 18.5. The molecular weight excluding hydrogens is 436 g/mol. The molecule has 0 aromatic heterocycles. The maximum Gasteiger partial charge on any atom is 0.363 e. The second kappa shape index (κ2) is 10.4. The van der Waals surface area contributed by atoms with Crippen LogP contribution in [0.5, 0.6) is 11.5 Å². The van der Waals surface area contributed by atoms with Gasteiger partial charge in [-0.3, -0.25) is 10.1 Å². The molecule has 4 rings (SSSR count). The van der Waals surface area contributed by atoms with Crippen molar-refractivity contribution in [3.8, 4) is 11.5 Å². The summed E-state index contributed by atoms with van der Waals surface area (Å²) in [6, 6.07) is 21.1. The zero-order valence-corrected chi connectivity index (χ0v) is 18.5. The maximum absolute atomic E-state index is 12.3. The van der Waals surface area contributed by atoms with Gasteiger partial charge in [-0.25, -0.2) is 9.79 Å². The first-order valence-corrected chi connectivity index (χ1v) is 10.7. The van der Waals surface area contributed by atoms with Crippen LogP contribution in [0.2, 0.25) is 0 Å². The number of benzene rings is 3. The highest BCUT2D eigenvalue weighted by atomic mass is 16.6. The average molecular weight is 458 g/mol. The van der Waals surface area contributed by atoms with Crippen molar-refractivity contribution in [1.29, 1.82) is 0 Å². The summed E-state index contributed by atoms with van der Waals surface area (Å²) in [6.07, 6.45) is 2.36. The molecule has 0 bridgehead atoms. The standard InChI is InChI=1S/C26H22N2O6/c1-2-32-24-17-19(8-13-23(24)33-15-14-18-6-4-3-5-7-18)16-22-26(29)34-25(27-22)20-9-11-21(12-10-20)28(30)31/h3-13,16-17H,2,14-15H2,1H3/b22-16-. The molecule has 1 aliphatic heterocycles. The fourth-order valence-electron chi connectivity index (χ4n) is 3.34. The van der Waals surface area contributed by atoms with Crippen molar-refractivity contribution in [3.63, 3.8) is 0 Å². The third kappa shape index (κ3) is 5.47. The van der Waals surface area contributed by atoms with Gasteiger partial charge in [0.2, 0.25) is 5.90 Å². The largest absolute Gasteiger partial charge is 0.490 e. The number of nitrogens with zero attached hydrogens (tertiary/aromatic N) is 2. The molecule has 0 aliphatic carbocycles. The topological polar surface area (TPSA) is 100 Å². The van der Waals surface area contributed by atoms with Gasteiger partial charge in [-0.1, -0.05) is 36.4 Å². The van der Waals surface area contributed by atoms with E-state index >= 15 is 0 Å². The average Bonchev–Trinajstić information content (AvgIpc) is 3.21. The summed E-state index contributed by atoms with van der Waals surface area (Å²) in [5, 5.41) is 10.8. The molecule has 0 saturated heterocycles. The van der Waals surface area contributed by atoms with Crippen molar-refractivity contribution in [2.24, 2.45) is 4.99 Å². The number of hydrogen-bond acceptors (Lipinski definition) is 7. The van der Waals surface area contributed by atoms with Crippen LogP contribution in [-0.4, -0.2) is 30.0 Å². The molecular formula is C26H22N2O6. The van der Waals surface area contributed by atoms with Gasteiger partial charge >= 0.3 is 5.97 Å². The number of aliphatic imine (C=N–C) groups is 1. The molecule has 0 unspecified atom stereocenters. The molecule has 0 amide bonds. The van der Waals surface area contributed by atoms with Gasteiger partial charge in [0, 0.05) is 24.1 Å². The lowest BCUT2D eigenvalue weighted by Gasteiger charge is -2.12. The normalized spacial score (nSPS) is 14.0. The van der Waals surface area contributed by atoms with E-state index < -0.39 is 10.9 Å². The number of ether oxygens (including phenoxy) is 3. The van der Waals surface area contributed by atoms with E-state index in [4.69, 9.17) is 14.2 Å². The van der Waals surface area contributed by atoms with Gasteiger partial charge in [-0.05, 0) is 48.4 Å². The fourth-order valence-corrected chi connectivity index (χ4v) is 3.34. The third-order valence-corrected chi connectivity index (χ3v) is 5.01. The summed E-state index contributed by atoms with van der Waals surface area (Å²) in [5.41, 5.74) is 2.41. The number of carbonyl (C=O) groups is 1. The van der Waals surface area contributed by atoms with Crippen LogP contribution < -0.4 is 9.47 Å². The molecule has 8 heteroatoms. The van der Waals surface area contributed by atoms with Crippen LogP contribution in [0.25, 0.3) is 6.08 Å². The number of cyclic esters (lactones) is 1. The molecule has 3 aromatic rings. The number of esters is 1. The Morgan fingerprint density at radius 3 is 2.47 bits per heavy atom. The molecule has 1 heterocycles. The summed E-state index contributed by atoms with van der Waals surface area (Å²) in [7, 11) is 0. The Morgan fingerprint density at radius 1 is 1.00 bits per heavy atom. The molecule has 0 spiro atoms. The van der Waals surface area contributed by atoms with Crippen LogP contribution in [0.4, 0.5) is 5.69 Å². The monoisotopic (exact) mass is 458 g/mol. The van der Waals surface area contributed by atoms with Crippen LogP contribution in [0.3, 0.4) is 0 Å². The number of carbonyl (C=O) groups excluding carboxylic acids is 1. The van der Waals surface area contributed by atoms with Gasteiger partial charge < -0.3 is 14.2 Å². The molecule has 34 heavy (non-hydrogen) atoms. The van der Waals surface area contributed by atoms with Crippen molar-refractivity contribution >= 4 is 23.6 Å². The Balaban J connectivity index is 1.50. The predicted molar refractivity (Wildman–Crippen MR) is 127 cm³/mol. The first-order valence-electron chi connectivity index (χ1n) is 10.7. The Labute approximate surface area is 196 Å². The lowest BCUT2D eigenvalue weighted by atomic mass is 10.1. The summed E-state index contributed by atoms with van der Waals surface area (Å²) in [6.45, 7) is 2.84. The minimum Gasteiger partial charge on any atom is -0.490 e. The van der Waals surface area contributed by atoms with E-state index in [2.05, 4.69) is 4.99 Å². The van der Waals surface area contributed by atoms with Gasteiger partial charge in [0.15, 0.2) is 17.2 Å². The molecule has 0 fully saturated rings. The minimum absolute atomic E-state index is 0.0565. The summed E-state index contributed by atoms with van der Waals surface area (Å²) in [5.74, 6) is 0.673. The number of rotatable bonds is 9. The Bertz CT molecular complexity index is 1250. The molecule has 172 valence electrons. The molecule has 8 nitrogen and oxygen atoms in total. The summed E-state index contributed by atoms with van der Waals surface area (Å²) < 4.78 is 16.9. The van der Waals surface area contributed by atoms with Gasteiger partial charge in [0.25, 0.3) is 5.69 Å². The Kier molecular flexibility index (Phi) is 6.98. The van der Waals surface area contributed by atoms with Crippen molar-refractivity contribution in [1.82, 2.24) is 0 Å². The minimum atomic E-state index is -0.602. The van der Waals surface area contributed by atoms with Gasteiger partial charge in [-0.15, -0.1) is 0 Å². The van der Waals surface area contributed by atoms with Gasteiger partial charge in [-0.2, -0.15) is 0 Å². The first-order chi connectivity index (χ1) is 16.5. The van der Waals surface area contributed by atoms with E-state index in [1.807, 2.05) is 37.3 Å². The highest BCUT2D eigenvalue weighted by molar-refractivity contribution is 6.12. The quantitative estimate of drug-likeness (QED) is 0.194. The molecule has 0 radical (unpaired) electrons. The SMILES string of the molecule is CCOc1cc(/C=C2\N=C(c3ccc([N+](=O)[O-])cc3)OC2=O)ccc1OCCc1ccccc1. The summed E-state index contributed by atoms with van der Waals surface area (Å²) >= 11 is 0. The van der Waals surface area contributed by atoms with E-state index in [-0.39, 0.29) is 17.3 Å². The van der Waals surface area contributed by atoms with Crippen LogP contribution >= 0.6 is 0 Å². The van der Waals surface area contributed by atoms with Crippen molar-refractivity contribution in [2.75, 3.05) is 13.2 Å². The van der Waals surface area contributed by atoms with Crippen molar-refractivity contribution < 1.29 is 23.9 Å². The van der Waals surface area contributed by atoms with Crippen LogP contribution in [0.15, 0.2) is 83.5 Å². The van der Waals surface area contributed by atoms with Gasteiger partial charge in [0.05, 0.1) is 18.1 Å². The van der Waals surface area contributed by atoms with E-state index in [1.54, 1.807) is 24.3 Å². The highest BCUT2D eigenvalue weighted by Gasteiger charge is 2.24. The Hall–Kier alpha value is -4.46. The first kappa shape index (κ1) is 22.7. The predicted octanol–water partition coefficient (Wildman–Crippen LogP) is 4.96. The van der Waals surface area contributed by atoms with E-state index in [1.165, 1.54) is 29.8 Å². The molecule has 1 aliphatic rings. The zero-order chi connectivity index (χ0) is 23.9. The van der Waals surface area contributed by atoms with Crippen molar-refractivity contribution in [2.45, 2.75) is 13.3 Å². The lowest BCUT2D eigenvalue weighted by molar-refractivity contribution is -0.384. The highest BCUT2D eigenvalue weighted by Crippen LogP contribution is 2.30. The van der Waals surface area contributed by atoms with Crippen molar-refractivity contribution in [3.05, 3.63) is 105 Å². The lowest BCUT2D eigenvalue weighted by Crippen LogP contribution is -2.05. The van der Waals surface area contributed by atoms with Crippen LogP contribution in [0.1, 0.15) is 23.6 Å². The second-order valence-electron chi connectivity index (χ2n) is 7.36. The van der Waals surface area contributed by atoms with E-state index in [0.29, 0.717) is 35.8 Å². The van der Waals surface area contributed by atoms with Gasteiger partial charge in [0.1, 0.15) is 0 Å². The Morgan fingerprint density at radius 2 is 1.76 bits per heavy atom. The number of non-ortho nitro benzene ring substituents is 1. The molecule has 3 aromatic carbocycles. The van der Waals surface area contributed by atoms with E-state index in [9.17, 15) is 14.9 Å². The molecule has 0 atom stereocenters. The summed E-state index contributed by atoms with van der Waals surface area (Å²) in [4.78, 5) is 26.9. The van der Waals surface area contributed by atoms with Crippen LogP contribution in [-0.2, 0) is 16.0 Å².